The number of aromatic nitrogens is 1. The van der Waals surface area contributed by atoms with E-state index in [1.165, 1.54) is 11.8 Å². The number of nitrogen functional groups attached to an aromatic ring is 1. The summed E-state index contributed by atoms with van der Waals surface area (Å²) in [5.41, 5.74) is 8.66. The number of nitrogens with two attached hydrogens (primary N) is 1. The van der Waals surface area contributed by atoms with Gasteiger partial charge in [-0.3, -0.25) is 15.1 Å². The van der Waals surface area contributed by atoms with Crippen molar-refractivity contribution in [3.8, 4) is 0 Å². The fraction of sp³-hybridized carbons (Fsp3) is 0.214. The molecule has 0 saturated heterocycles. The average molecular weight is 368 g/mol. The number of benzene rings is 1. The van der Waals surface area contributed by atoms with Crippen LogP contribution in [0.4, 0.5) is 11.4 Å². The quantitative estimate of drug-likeness (QED) is 0.378. The number of rotatable bonds is 4. The molecule has 2 rings (SSSR count). The molecular formula is C14H14BrN3O2S. The first kappa shape index (κ1) is 15.8. The SMILES string of the molecule is Cc1cnc(CSc2ccc(Br)cc2N)c(C)c1[N+](=O)[O-]. The number of nitro groups is 1. The van der Waals surface area contributed by atoms with Crippen molar-refractivity contribution in [2.45, 2.75) is 24.5 Å². The number of aryl methyl sites for hydroxylation is 1. The summed E-state index contributed by atoms with van der Waals surface area (Å²) in [4.78, 5) is 16.0. The summed E-state index contributed by atoms with van der Waals surface area (Å²) in [5, 5.41) is 11.1. The second kappa shape index (κ2) is 6.44. The van der Waals surface area contributed by atoms with Gasteiger partial charge in [0.25, 0.3) is 5.69 Å². The molecular weight excluding hydrogens is 354 g/mol. The molecule has 0 radical (unpaired) electrons. The maximum atomic E-state index is 11.1. The fourth-order valence-electron chi connectivity index (χ4n) is 1.99. The molecule has 0 atom stereocenters. The zero-order valence-electron chi connectivity index (χ0n) is 11.6. The molecule has 0 aliphatic rings. The van der Waals surface area contributed by atoms with Crippen LogP contribution in [0.25, 0.3) is 0 Å². The van der Waals surface area contributed by atoms with Gasteiger partial charge in [-0.2, -0.15) is 0 Å². The molecule has 0 amide bonds. The zero-order valence-corrected chi connectivity index (χ0v) is 14.0. The van der Waals surface area contributed by atoms with Crippen molar-refractivity contribution in [1.82, 2.24) is 4.98 Å². The Kier molecular flexibility index (Phi) is 4.84. The molecule has 1 aromatic heterocycles. The second-order valence-electron chi connectivity index (χ2n) is 4.59. The minimum atomic E-state index is -0.353. The molecule has 110 valence electrons. The molecule has 2 aromatic rings. The molecule has 0 bridgehead atoms. The summed E-state index contributed by atoms with van der Waals surface area (Å²) < 4.78 is 0.921. The molecule has 0 unspecified atom stereocenters. The molecule has 21 heavy (non-hydrogen) atoms. The highest BCUT2D eigenvalue weighted by Gasteiger charge is 2.18. The van der Waals surface area contributed by atoms with E-state index in [2.05, 4.69) is 20.9 Å². The Bertz CT molecular complexity index is 707. The van der Waals surface area contributed by atoms with Crippen LogP contribution >= 0.6 is 27.7 Å². The predicted molar refractivity (Wildman–Crippen MR) is 88.5 cm³/mol. The third kappa shape index (κ3) is 3.54. The lowest BCUT2D eigenvalue weighted by molar-refractivity contribution is -0.386. The molecule has 0 aliphatic heterocycles. The maximum absolute atomic E-state index is 11.1. The zero-order chi connectivity index (χ0) is 15.6. The lowest BCUT2D eigenvalue weighted by atomic mass is 10.1. The van der Waals surface area contributed by atoms with E-state index in [4.69, 9.17) is 5.73 Å². The molecule has 2 N–H and O–H groups in total. The van der Waals surface area contributed by atoms with Gasteiger partial charge in [0.05, 0.1) is 10.6 Å². The van der Waals surface area contributed by atoms with Gasteiger partial charge in [0.2, 0.25) is 0 Å². The van der Waals surface area contributed by atoms with Crippen LogP contribution in [0.2, 0.25) is 0 Å². The largest absolute Gasteiger partial charge is 0.398 e. The first-order valence-electron chi connectivity index (χ1n) is 6.17. The molecule has 7 heteroatoms. The van der Waals surface area contributed by atoms with Crippen molar-refractivity contribution < 1.29 is 4.92 Å². The summed E-state index contributed by atoms with van der Waals surface area (Å²) in [6.45, 7) is 3.43. The van der Waals surface area contributed by atoms with Crippen molar-refractivity contribution >= 4 is 39.1 Å². The lowest BCUT2D eigenvalue weighted by Crippen LogP contribution is -2.01. The summed E-state index contributed by atoms with van der Waals surface area (Å²) in [7, 11) is 0. The highest BCUT2D eigenvalue weighted by Crippen LogP contribution is 2.32. The number of nitrogens with zero attached hydrogens (tertiary/aromatic N) is 2. The van der Waals surface area contributed by atoms with E-state index in [-0.39, 0.29) is 10.6 Å². The number of anilines is 1. The third-order valence-electron chi connectivity index (χ3n) is 3.09. The van der Waals surface area contributed by atoms with Gasteiger partial charge in [0.1, 0.15) is 0 Å². The van der Waals surface area contributed by atoms with Crippen LogP contribution in [0.1, 0.15) is 16.8 Å². The van der Waals surface area contributed by atoms with Gasteiger partial charge >= 0.3 is 0 Å². The van der Waals surface area contributed by atoms with Crippen LogP contribution in [-0.4, -0.2) is 9.91 Å². The Morgan fingerprint density at radius 1 is 1.43 bits per heavy atom. The van der Waals surface area contributed by atoms with Crippen LogP contribution in [-0.2, 0) is 5.75 Å². The number of halogens is 1. The van der Waals surface area contributed by atoms with Crippen LogP contribution in [0.3, 0.4) is 0 Å². The van der Waals surface area contributed by atoms with E-state index in [0.29, 0.717) is 28.3 Å². The summed E-state index contributed by atoms with van der Waals surface area (Å²) in [6, 6.07) is 5.67. The standard InChI is InChI=1S/C14H14BrN3O2S/c1-8-6-17-12(9(2)14(8)18(19)20)7-21-13-4-3-10(15)5-11(13)16/h3-6H,7,16H2,1-2H3. The van der Waals surface area contributed by atoms with Gasteiger partial charge in [-0.1, -0.05) is 15.9 Å². The van der Waals surface area contributed by atoms with Crippen LogP contribution in [0, 0.1) is 24.0 Å². The van der Waals surface area contributed by atoms with Crippen LogP contribution in [0.15, 0.2) is 33.8 Å². The Morgan fingerprint density at radius 2 is 2.14 bits per heavy atom. The first-order chi connectivity index (χ1) is 9.90. The molecule has 5 nitrogen and oxygen atoms in total. The minimum absolute atomic E-state index is 0.143. The Hall–Kier alpha value is -1.60. The number of hydrogen-bond acceptors (Lipinski definition) is 5. The van der Waals surface area contributed by atoms with E-state index < -0.39 is 0 Å². The normalized spacial score (nSPS) is 10.6. The van der Waals surface area contributed by atoms with E-state index >= 15 is 0 Å². The predicted octanol–water partition coefficient (Wildman–Crippen LogP) is 4.24. The second-order valence-corrected chi connectivity index (χ2v) is 6.52. The van der Waals surface area contributed by atoms with Gasteiger partial charge < -0.3 is 5.73 Å². The van der Waals surface area contributed by atoms with Gasteiger partial charge in [-0.15, -0.1) is 11.8 Å². The Labute approximate surface area is 135 Å². The van der Waals surface area contributed by atoms with Crippen molar-refractivity contribution in [2.24, 2.45) is 0 Å². The monoisotopic (exact) mass is 367 g/mol. The molecule has 1 aromatic carbocycles. The average Bonchev–Trinajstić information content (AvgIpc) is 2.39. The number of hydrogen-bond donors (Lipinski definition) is 1. The number of thioether (sulfide) groups is 1. The lowest BCUT2D eigenvalue weighted by Gasteiger charge is -2.09. The highest BCUT2D eigenvalue weighted by atomic mass is 79.9. The van der Waals surface area contributed by atoms with Crippen LogP contribution in [0.5, 0.6) is 0 Å². The summed E-state index contributed by atoms with van der Waals surface area (Å²) >= 11 is 4.88. The molecule has 0 saturated carbocycles. The van der Waals surface area contributed by atoms with Crippen molar-refractivity contribution in [3.05, 3.63) is 55.8 Å². The van der Waals surface area contributed by atoms with Gasteiger partial charge in [0.15, 0.2) is 0 Å². The number of pyridine rings is 1. The summed E-state index contributed by atoms with van der Waals surface area (Å²) in [6.07, 6.45) is 1.55. The smallest absolute Gasteiger partial charge is 0.278 e. The van der Waals surface area contributed by atoms with Crippen molar-refractivity contribution in [3.63, 3.8) is 0 Å². The third-order valence-corrected chi connectivity index (χ3v) is 4.69. The van der Waals surface area contributed by atoms with E-state index in [1.807, 2.05) is 18.2 Å². The van der Waals surface area contributed by atoms with E-state index in [0.717, 1.165) is 9.37 Å². The topological polar surface area (TPSA) is 82.0 Å². The van der Waals surface area contributed by atoms with Gasteiger partial charge in [-0.25, -0.2) is 0 Å². The van der Waals surface area contributed by atoms with E-state index in [9.17, 15) is 10.1 Å². The maximum Gasteiger partial charge on any atom is 0.278 e. The molecule has 0 spiro atoms. The molecule has 0 fully saturated rings. The molecule has 0 aliphatic carbocycles. The molecule has 1 heterocycles. The Morgan fingerprint density at radius 3 is 2.76 bits per heavy atom. The van der Waals surface area contributed by atoms with Crippen molar-refractivity contribution in [1.29, 1.82) is 0 Å². The fourth-order valence-corrected chi connectivity index (χ4v) is 3.34. The highest BCUT2D eigenvalue weighted by molar-refractivity contribution is 9.10. The summed E-state index contributed by atoms with van der Waals surface area (Å²) in [5.74, 6) is 0.540. The Balaban J connectivity index is 2.24. The first-order valence-corrected chi connectivity index (χ1v) is 7.95. The van der Waals surface area contributed by atoms with Gasteiger partial charge in [-0.05, 0) is 32.0 Å². The van der Waals surface area contributed by atoms with Crippen molar-refractivity contribution in [2.75, 3.05) is 5.73 Å². The van der Waals surface area contributed by atoms with E-state index in [1.54, 1.807) is 20.0 Å². The van der Waals surface area contributed by atoms with Crippen LogP contribution < -0.4 is 5.73 Å². The minimum Gasteiger partial charge on any atom is -0.398 e. The van der Waals surface area contributed by atoms with Gasteiger partial charge in [0, 0.05) is 38.1 Å².